The molecule has 0 saturated carbocycles. The van der Waals surface area contributed by atoms with Crippen LogP contribution in [0.25, 0.3) is 5.69 Å². The van der Waals surface area contributed by atoms with E-state index in [0.717, 1.165) is 36.3 Å². The lowest BCUT2D eigenvalue weighted by atomic mass is 10.1. The van der Waals surface area contributed by atoms with Crippen molar-refractivity contribution in [3.8, 4) is 5.69 Å². The molecule has 3 rings (SSSR count). The maximum absolute atomic E-state index is 5.81. The largest absolute Gasteiger partial charge is 0.372 e. The summed E-state index contributed by atoms with van der Waals surface area (Å²) in [7, 11) is 0. The summed E-state index contributed by atoms with van der Waals surface area (Å²) < 4.78 is 1.96. The molecule has 2 N–H and O–H groups in total. The third-order valence-corrected chi connectivity index (χ3v) is 4.62. The first-order valence-corrected chi connectivity index (χ1v) is 8.82. The number of piperidine rings is 1. The Hall–Kier alpha value is -1.88. The molecule has 1 fully saturated rings. The molecule has 1 aromatic heterocycles. The van der Waals surface area contributed by atoms with Crippen molar-refractivity contribution in [3.05, 3.63) is 35.7 Å². The molecule has 2 heterocycles. The molecule has 2 aromatic rings. The third kappa shape index (κ3) is 3.55. The lowest BCUT2D eigenvalue weighted by molar-refractivity contribution is 0.578. The Bertz CT molecular complexity index is 611. The highest BCUT2D eigenvalue weighted by Gasteiger charge is 2.14. The van der Waals surface area contributed by atoms with Crippen molar-refractivity contribution in [2.45, 2.75) is 52.0 Å². The number of aromatic nitrogens is 3. The van der Waals surface area contributed by atoms with Gasteiger partial charge in [0.05, 0.1) is 17.1 Å². The van der Waals surface area contributed by atoms with Crippen LogP contribution in [0.5, 0.6) is 0 Å². The molecule has 1 saturated heterocycles. The van der Waals surface area contributed by atoms with Gasteiger partial charge in [-0.05, 0) is 56.4 Å². The fraction of sp³-hybridized carbons (Fsp3) is 0.556. The van der Waals surface area contributed by atoms with Crippen LogP contribution in [0, 0.1) is 0 Å². The van der Waals surface area contributed by atoms with Gasteiger partial charge in [-0.2, -0.15) is 0 Å². The topological polar surface area (TPSA) is 60.0 Å². The van der Waals surface area contributed by atoms with Crippen LogP contribution in [-0.2, 0) is 13.0 Å². The second-order valence-electron chi connectivity index (χ2n) is 6.27. The maximum Gasteiger partial charge on any atom is 0.0999 e. The molecule has 0 amide bonds. The minimum Gasteiger partial charge on any atom is -0.372 e. The minimum atomic E-state index is 0.449. The first-order valence-electron chi connectivity index (χ1n) is 8.82. The molecule has 1 aromatic carbocycles. The van der Waals surface area contributed by atoms with Gasteiger partial charge in [-0.3, -0.25) is 0 Å². The lowest BCUT2D eigenvalue weighted by Gasteiger charge is -2.28. The van der Waals surface area contributed by atoms with Gasteiger partial charge in [0, 0.05) is 25.3 Å². The monoisotopic (exact) mass is 313 g/mol. The lowest BCUT2D eigenvalue weighted by Crippen LogP contribution is -2.29. The van der Waals surface area contributed by atoms with E-state index in [-0.39, 0.29) is 0 Å². The molecule has 0 atom stereocenters. The van der Waals surface area contributed by atoms with Crippen LogP contribution in [-0.4, -0.2) is 28.1 Å². The molecule has 0 unspecified atom stereocenters. The van der Waals surface area contributed by atoms with Gasteiger partial charge in [0.2, 0.25) is 0 Å². The Balaban J connectivity index is 1.82. The average molecular weight is 313 g/mol. The molecule has 1 aliphatic rings. The molecule has 1 aliphatic heterocycles. The van der Waals surface area contributed by atoms with E-state index >= 15 is 0 Å². The summed E-state index contributed by atoms with van der Waals surface area (Å²) in [6, 6.07) is 8.70. The molecular weight excluding hydrogens is 286 g/mol. The van der Waals surface area contributed by atoms with Crippen molar-refractivity contribution in [1.29, 1.82) is 0 Å². The maximum atomic E-state index is 5.81. The summed E-state index contributed by atoms with van der Waals surface area (Å²) in [4.78, 5) is 2.47. The van der Waals surface area contributed by atoms with E-state index in [2.05, 4.69) is 46.4 Å². The summed E-state index contributed by atoms with van der Waals surface area (Å²) in [5, 5.41) is 8.58. The first kappa shape index (κ1) is 16.0. The number of nitrogens with two attached hydrogens (primary N) is 1. The van der Waals surface area contributed by atoms with Gasteiger partial charge < -0.3 is 10.6 Å². The number of benzene rings is 1. The van der Waals surface area contributed by atoms with Gasteiger partial charge in [0.25, 0.3) is 0 Å². The predicted octanol–water partition coefficient (Wildman–Crippen LogP) is 3.06. The molecule has 0 spiro atoms. The first-order chi connectivity index (χ1) is 11.3. The predicted molar refractivity (Wildman–Crippen MR) is 93.9 cm³/mol. The minimum absolute atomic E-state index is 0.449. The highest BCUT2D eigenvalue weighted by molar-refractivity contribution is 5.51. The number of anilines is 1. The summed E-state index contributed by atoms with van der Waals surface area (Å²) in [5.74, 6) is 0. The summed E-state index contributed by atoms with van der Waals surface area (Å²) in [6.45, 7) is 4.98. The molecule has 0 aliphatic carbocycles. The van der Waals surface area contributed by atoms with Crippen molar-refractivity contribution in [1.82, 2.24) is 15.0 Å². The normalized spacial score (nSPS) is 15.1. The highest BCUT2D eigenvalue weighted by atomic mass is 15.4. The van der Waals surface area contributed by atoms with Crippen LogP contribution >= 0.6 is 0 Å². The molecular formula is C18H27N5. The average Bonchev–Trinajstić information content (AvgIpc) is 3.03. The highest BCUT2D eigenvalue weighted by Crippen LogP contribution is 2.22. The smallest absolute Gasteiger partial charge is 0.0999 e. The van der Waals surface area contributed by atoms with E-state index in [9.17, 15) is 0 Å². The van der Waals surface area contributed by atoms with Crippen LogP contribution in [0.2, 0.25) is 0 Å². The zero-order valence-corrected chi connectivity index (χ0v) is 14.0. The second-order valence-corrected chi connectivity index (χ2v) is 6.27. The van der Waals surface area contributed by atoms with Crippen molar-refractivity contribution in [2.24, 2.45) is 5.73 Å². The van der Waals surface area contributed by atoms with Gasteiger partial charge in [0.15, 0.2) is 0 Å². The van der Waals surface area contributed by atoms with Crippen molar-refractivity contribution < 1.29 is 0 Å². The van der Waals surface area contributed by atoms with Gasteiger partial charge in [-0.1, -0.05) is 18.6 Å². The molecule has 124 valence electrons. The number of nitrogens with zero attached hydrogens (tertiary/aromatic N) is 4. The van der Waals surface area contributed by atoms with Crippen LogP contribution in [0.15, 0.2) is 24.3 Å². The van der Waals surface area contributed by atoms with Crippen LogP contribution in [0.1, 0.15) is 50.4 Å². The van der Waals surface area contributed by atoms with Crippen molar-refractivity contribution in [3.63, 3.8) is 0 Å². The SMILES string of the molecule is CCCCc1c(CN)nnn1-c1ccc(N2CCCCC2)cc1. The summed E-state index contributed by atoms with van der Waals surface area (Å²) in [6.07, 6.45) is 7.22. The number of hydrogen-bond acceptors (Lipinski definition) is 4. The summed E-state index contributed by atoms with van der Waals surface area (Å²) >= 11 is 0. The molecule has 5 heteroatoms. The van der Waals surface area contributed by atoms with E-state index < -0.39 is 0 Å². The fourth-order valence-electron chi connectivity index (χ4n) is 3.25. The Morgan fingerprint density at radius 1 is 1.04 bits per heavy atom. The fourth-order valence-corrected chi connectivity index (χ4v) is 3.25. The van der Waals surface area contributed by atoms with Crippen LogP contribution in [0.4, 0.5) is 5.69 Å². The summed E-state index contributed by atoms with van der Waals surface area (Å²) in [5.41, 5.74) is 10.3. The Labute approximate surface area is 138 Å². The van der Waals surface area contributed by atoms with Crippen LogP contribution < -0.4 is 10.6 Å². The molecule has 0 bridgehead atoms. The van der Waals surface area contributed by atoms with Gasteiger partial charge in [-0.25, -0.2) is 4.68 Å². The van der Waals surface area contributed by atoms with E-state index in [1.54, 1.807) is 0 Å². The number of unbranched alkanes of at least 4 members (excludes halogenated alkanes) is 1. The Morgan fingerprint density at radius 2 is 1.74 bits per heavy atom. The third-order valence-electron chi connectivity index (χ3n) is 4.62. The van der Waals surface area contributed by atoms with E-state index in [0.29, 0.717) is 6.54 Å². The zero-order valence-electron chi connectivity index (χ0n) is 14.0. The van der Waals surface area contributed by atoms with Gasteiger partial charge in [-0.15, -0.1) is 5.10 Å². The molecule has 23 heavy (non-hydrogen) atoms. The standard InChI is InChI=1S/C18H27N5/c1-2-3-7-18-17(14-19)20-21-23(18)16-10-8-15(9-11-16)22-12-5-4-6-13-22/h8-11H,2-7,12-14,19H2,1H3. The van der Waals surface area contributed by atoms with Crippen molar-refractivity contribution >= 4 is 5.69 Å². The number of hydrogen-bond donors (Lipinski definition) is 1. The molecule has 0 radical (unpaired) electrons. The van der Waals surface area contributed by atoms with Crippen LogP contribution in [0.3, 0.4) is 0 Å². The number of rotatable bonds is 6. The van der Waals surface area contributed by atoms with E-state index in [1.807, 2.05) is 4.68 Å². The van der Waals surface area contributed by atoms with E-state index in [1.165, 1.54) is 38.0 Å². The van der Waals surface area contributed by atoms with E-state index in [4.69, 9.17) is 5.73 Å². The van der Waals surface area contributed by atoms with Crippen molar-refractivity contribution in [2.75, 3.05) is 18.0 Å². The zero-order chi connectivity index (χ0) is 16.1. The Morgan fingerprint density at radius 3 is 2.39 bits per heavy atom. The Kier molecular flexibility index (Phi) is 5.28. The molecule has 5 nitrogen and oxygen atoms in total. The second kappa shape index (κ2) is 7.59. The van der Waals surface area contributed by atoms with Gasteiger partial charge >= 0.3 is 0 Å². The van der Waals surface area contributed by atoms with Gasteiger partial charge in [0.1, 0.15) is 0 Å². The quantitative estimate of drug-likeness (QED) is 0.890.